The number of hydrogen-bond acceptors (Lipinski definition) is 5. The minimum atomic E-state index is -0.0182. The molecule has 1 saturated carbocycles. The van der Waals surface area contributed by atoms with Crippen LogP contribution >= 0.6 is 0 Å². The molecule has 5 nitrogen and oxygen atoms in total. The van der Waals surface area contributed by atoms with Gasteiger partial charge in [0.2, 0.25) is 5.88 Å². The minimum Gasteiger partial charge on any atom is -0.481 e. The third-order valence-corrected chi connectivity index (χ3v) is 4.23. The molecule has 1 aliphatic heterocycles. The average molecular weight is 262 g/mol. The van der Waals surface area contributed by atoms with Crippen LogP contribution in [0.1, 0.15) is 42.6 Å². The van der Waals surface area contributed by atoms with Crippen molar-refractivity contribution in [1.82, 2.24) is 9.97 Å². The van der Waals surface area contributed by atoms with Crippen LogP contribution in [0, 0.1) is 5.92 Å². The minimum absolute atomic E-state index is 0.0182. The Bertz CT molecular complexity index is 485. The zero-order chi connectivity index (χ0) is 13.3. The van der Waals surface area contributed by atoms with Crippen molar-refractivity contribution >= 4 is 5.78 Å². The number of carbonyl (C=O) groups is 1. The van der Waals surface area contributed by atoms with Gasteiger partial charge < -0.3 is 9.47 Å². The van der Waals surface area contributed by atoms with E-state index in [1.165, 1.54) is 19.9 Å². The lowest BCUT2D eigenvalue weighted by Gasteiger charge is -2.46. The largest absolute Gasteiger partial charge is 0.481 e. The molecule has 0 radical (unpaired) electrons. The zero-order valence-electron chi connectivity index (χ0n) is 11.1. The summed E-state index contributed by atoms with van der Waals surface area (Å²) in [5, 5.41) is 0. The van der Waals surface area contributed by atoms with Gasteiger partial charge in [-0.3, -0.25) is 4.79 Å². The van der Waals surface area contributed by atoms with Crippen LogP contribution in [0.25, 0.3) is 0 Å². The van der Waals surface area contributed by atoms with Crippen LogP contribution in [-0.2, 0) is 4.74 Å². The van der Waals surface area contributed by atoms with Gasteiger partial charge in [0.05, 0.1) is 12.7 Å². The van der Waals surface area contributed by atoms with Crippen LogP contribution in [0.4, 0.5) is 0 Å². The SMILES string of the molecule is COc1cc(C(=O)C2CCOC3(CCC3)C2)ncn1. The quantitative estimate of drug-likeness (QED) is 0.780. The molecule has 1 saturated heterocycles. The summed E-state index contributed by atoms with van der Waals surface area (Å²) in [6, 6.07) is 1.62. The van der Waals surface area contributed by atoms with Crippen molar-refractivity contribution in [2.75, 3.05) is 13.7 Å². The topological polar surface area (TPSA) is 61.3 Å². The van der Waals surface area contributed by atoms with Crippen LogP contribution in [0.3, 0.4) is 0 Å². The Kier molecular flexibility index (Phi) is 3.22. The van der Waals surface area contributed by atoms with E-state index in [1.54, 1.807) is 6.07 Å². The van der Waals surface area contributed by atoms with E-state index in [9.17, 15) is 4.79 Å². The normalized spacial score (nSPS) is 24.8. The summed E-state index contributed by atoms with van der Waals surface area (Å²) in [5.41, 5.74) is 0.434. The van der Waals surface area contributed by atoms with Crippen LogP contribution in [0.15, 0.2) is 12.4 Å². The Labute approximate surface area is 112 Å². The first-order chi connectivity index (χ1) is 9.22. The molecule has 5 heteroatoms. The monoisotopic (exact) mass is 262 g/mol. The van der Waals surface area contributed by atoms with Crippen molar-refractivity contribution in [3.05, 3.63) is 18.1 Å². The van der Waals surface area contributed by atoms with Gasteiger partial charge >= 0.3 is 0 Å². The summed E-state index contributed by atoms with van der Waals surface area (Å²) >= 11 is 0. The smallest absolute Gasteiger partial charge is 0.216 e. The highest BCUT2D eigenvalue weighted by Crippen LogP contribution is 2.44. The molecule has 1 aromatic rings. The highest BCUT2D eigenvalue weighted by atomic mass is 16.5. The van der Waals surface area contributed by atoms with Gasteiger partial charge in [-0.15, -0.1) is 0 Å². The van der Waals surface area contributed by atoms with E-state index < -0.39 is 0 Å². The summed E-state index contributed by atoms with van der Waals surface area (Å²) in [4.78, 5) is 20.5. The van der Waals surface area contributed by atoms with Crippen molar-refractivity contribution in [2.24, 2.45) is 5.92 Å². The van der Waals surface area contributed by atoms with Gasteiger partial charge in [-0.1, -0.05) is 0 Å². The molecule has 3 rings (SSSR count). The van der Waals surface area contributed by atoms with E-state index >= 15 is 0 Å². The summed E-state index contributed by atoms with van der Waals surface area (Å²) in [5.74, 6) is 0.549. The maximum Gasteiger partial charge on any atom is 0.216 e. The highest BCUT2D eigenvalue weighted by molar-refractivity contribution is 5.96. The molecule has 102 valence electrons. The van der Waals surface area contributed by atoms with Gasteiger partial charge in [0.25, 0.3) is 0 Å². The summed E-state index contributed by atoms with van der Waals surface area (Å²) in [7, 11) is 1.54. The van der Waals surface area contributed by atoms with Crippen LogP contribution in [-0.4, -0.2) is 35.1 Å². The van der Waals surface area contributed by atoms with Gasteiger partial charge in [0.1, 0.15) is 12.0 Å². The molecule has 1 unspecified atom stereocenters. The van der Waals surface area contributed by atoms with E-state index in [1.807, 2.05) is 0 Å². The number of nitrogens with zero attached hydrogens (tertiary/aromatic N) is 2. The molecule has 0 bridgehead atoms. The fraction of sp³-hybridized carbons (Fsp3) is 0.643. The van der Waals surface area contributed by atoms with Crippen molar-refractivity contribution in [3.8, 4) is 5.88 Å². The van der Waals surface area contributed by atoms with Crippen LogP contribution < -0.4 is 4.74 Å². The van der Waals surface area contributed by atoms with E-state index in [0.29, 0.717) is 18.2 Å². The van der Waals surface area contributed by atoms with Crippen molar-refractivity contribution in [2.45, 2.75) is 37.7 Å². The molecule has 1 aliphatic carbocycles. The van der Waals surface area contributed by atoms with E-state index in [2.05, 4.69) is 9.97 Å². The van der Waals surface area contributed by atoms with Crippen molar-refractivity contribution < 1.29 is 14.3 Å². The lowest BCUT2D eigenvalue weighted by Crippen LogP contribution is -2.47. The van der Waals surface area contributed by atoms with Gasteiger partial charge in [0, 0.05) is 18.6 Å². The highest BCUT2D eigenvalue weighted by Gasteiger charge is 2.44. The number of aromatic nitrogens is 2. The van der Waals surface area contributed by atoms with E-state index in [0.717, 1.165) is 25.7 Å². The molecule has 0 N–H and O–H groups in total. The molecule has 1 spiro atoms. The number of ether oxygens (including phenoxy) is 2. The average Bonchev–Trinajstić information content (AvgIpc) is 2.45. The summed E-state index contributed by atoms with van der Waals surface area (Å²) < 4.78 is 10.9. The lowest BCUT2D eigenvalue weighted by atomic mass is 9.71. The van der Waals surface area contributed by atoms with Gasteiger partial charge in [0.15, 0.2) is 5.78 Å². The summed E-state index contributed by atoms with van der Waals surface area (Å²) in [6.07, 6.45) is 6.38. The molecule has 1 aromatic heterocycles. The maximum atomic E-state index is 12.5. The van der Waals surface area contributed by atoms with Crippen LogP contribution in [0.2, 0.25) is 0 Å². The Morgan fingerprint density at radius 3 is 3.00 bits per heavy atom. The third-order valence-electron chi connectivity index (χ3n) is 4.23. The first kappa shape index (κ1) is 12.5. The molecule has 2 heterocycles. The molecule has 0 aromatic carbocycles. The number of hydrogen-bond donors (Lipinski definition) is 0. The molecule has 2 aliphatic rings. The number of carbonyl (C=O) groups excluding carboxylic acids is 1. The second-order valence-electron chi connectivity index (χ2n) is 5.38. The number of methoxy groups -OCH3 is 1. The Morgan fingerprint density at radius 1 is 1.47 bits per heavy atom. The molecule has 19 heavy (non-hydrogen) atoms. The first-order valence-electron chi connectivity index (χ1n) is 6.77. The standard InChI is InChI=1S/C14H18N2O3/c1-18-12-7-11(15-9-16-12)13(17)10-3-6-19-14(8-10)4-2-5-14/h7,9-10H,2-6,8H2,1H3. The van der Waals surface area contributed by atoms with E-state index in [4.69, 9.17) is 9.47 Å². The third kappa shape index (κ3) is 2.34. The lowest BCUT2D eigenvalue weighted by molar-refractivity contribution is -0.137. The van der Waals surface area contributed by atoms with E-state index in [-0.39, 0.29) is 17.3 Å². The maximum absolute atomic E-state index is 12.5. The molecular formula is C14H18N2O3. The number of ketones is 1. The molecule has 0 amide bonds. The molecule has 2 fully saturated rings. The van der Waals surface area contributed by atoms with Gasteiger partial charge in [-0.2, -0.15) is 0 Å². The van der Waals surface area contributed by atoms with Gasteiger partial charge in [-0.05, 0) is 32.1 Å². The Morgan fingerprint density at radius 2 is 2.32 bits per heavy atom. The molecular weight excluding hydrogens is 244 g/mol. The second kappa shape index (κ2) is 4.89. The summed E-state index contributed by atoms with van der Waals surface area (Å²) in [6.45, 7) is 0.679. The van der Waals surface area contributed by atoms with Crippen LogP contribution in [0.5, 0.6) is 5.88 Å². The predicted molar refractivity (Wildman–Crippen MR) is 68.2 cm³/mol. The van der Waals surface area contributed by atoms with Crippen molar-refractivity contribution in [3.63, 3.8) is 0 Å². The molecule has 1 atom stereocenters. The number of rotatable bonds is 3. The predicted octanol–water partition coefficient (Wildman–Crippen LogP) is 2.02. The Hall–Kier alpha value is -1.49. The zero-order valence-corrected chi connectivity index (χ0v) is 11.1. The second-order valence-corrected chi connectivity index (χ2v) is 5.38. The van der Waals surface area contributed by atoms with Crippen molar-refractivity contribution in [1.29, 1.82) is 0 Å². The number of Topliss-reactive ketones (excluding diaryl/α,β-unsaturated/α-hetero) is 1. The first-order valence-corrected chi connectivity index (χ1v) is 6.77. The Balaban J connectivity index is 1.75. The fourth-order valence-electron chi connectivity index (χ4n) is 2.97. The van der Waals surface area contributed by atoms with Gasteiger partial charge in [-0.25, -0.2) is 9.97 Å². The fourth-order valence-corrected chi connectivity index (χ4v) is 2.97.